The monoisotopic (exact) mass is 341 g/mol. The van der Waals surface area contributed by atoms with Gasteiger partial charge in [-0.3, -0.25) is 9.47 Å². The molecule has 2 aromatic heterocycles. The Bertz CT molecular complexity index is 661. The highest BCUT2D eigenvalue weighted by atomic mass is 79.9. The topological polar surface area (TPSA) is 65.2 Å². The Morgan fingerprint density at radius 1 is 1.30 bits per heavy atom. The summed E-state index contributed by atoms with van der Waals surface area (Å²) in [7, 11) is 0. The van der Waals surface area contributed by atoms with Crippen molar-refractivity contribution in [1.29, 1.82) is 0 Å². The molecule has 3 heterocycles. The Morgan fingerprint density at radius 2 is 1.95 bits per heavy atom. The second-order valence-electron chi connectivity index (χ2n) is 4.90. The summed E-state index contributed by atoms with van der Waals surface area (Å²) in [6, 6.07) is 0.0265. The molecule has 0 aliphatic carbocycles. The van der Waals surface area contributed by atoms with Gasteiger partial charge in [-0.1, -0.05) is 0 Å². The molecular weight excluding hydrogens is 326 g/mol. The number of imidazole rings is 1. The normalized spacial score (nSPS) is 18.5. The second kappa shape index (κ2) is 5.63. The van der Waals surface area contributed by atoms with Gasteiger partial charge < -0.3 is 4.74 Å². The van der Waals surface area contributed by atoms with E-state index in [0.717, 1.165) is 32.8 Å². The minimum Gasteiger partial charge on any atom is -0.379 e. The summed E-state index contributed by atoms with van der Waals surface area (Å²) in [4.78, 5) is 23.1. The van der Waals surface area contributed by atoms with Crippen LogP contribution in [0.4, 0.5) is 0 Å². The van der Waals surface area contributed by atoms with Crippen molar-refractivity contribution in [3.8, 4) is 0 Å². The molecule has 0 amide bonds. The number of ether oxygens (including phenoxy) is 1. The van der Waals surface area contributed by atoms with Gasteiger partial charge in [0, 0.05) is 32.0 Å². The van der Waals surface area contributed by atoms with Gasteiger partial charge in [0.15, 0.2) is 11.3 Å². The van der Waals surface area contributed by atoms with E-state index < -0.39 is 0 Å². The minimum absolute atomic E-state index is 0.0265. The summed E-state index contributed by atoms with van der Waals surface area (Å²) in [6.45, 7) is 6.13. The Hall–Kier alpha value is -1.25. The SMILES string of the molecule is CC(CN1CCOCC1)n1c(=O)n(Br)c2nccnc21. The molecule has 1 atom stereocenters. The fourth-order valence-electron chi connectivity index (χ4n) is 2.54. The van der Waals surface area contributed by atoms with Crippen molar-refractivity contribution in [3.05, 3.63) is 22.9 Å². The molecule has 2 aromatic rings. The second-order valence-corrected chi connectivity index (χ2v) is 5.61. The largest absolute Gasteiger partial charge is 0.379 e. The summed E-state index contributed by atoms with van der Waals surface area (Å²) in [5, 5.41) is 0. The van der Waals surface area contributed by atoms with Crippen LogP contribution in [0.5, 0.6) is 0 Å². The molecule has 0 N–H and O–H groups in total. The van der Waals surface area contributed by atoms with Crippen LogP contribution in [0.2, 0.25) is 0 Å². The quantitative estimate of drug-likeness (QED) is 0.819. The van der Waals surface area contributed by atoms with Crippen molar-refractivity contribution < 1.29 is 4.74 Å². The number of halogens is 1. The average Bonchev–Trinajstić information content (AvgIpc) is 2.72. The zero-order valence-corrected chi connectivity index (χ0v) is 12.8. The maximum absolute atomic E-state index is 12.3. The van der Waals surface area contributed by atoms with Crippen LogP contribution in [0.25, 0.3) is 11.3 Å². The van der Waals surface area contributed by atoms with Crippen LogP contribution < -0.4 is 5.69 Å². The highest BCUT2D eigenvalue weighted by molar-refractivity contribution is 9.08. The van der Waals surface area contributed by atoms with Crippen molar-refractivity contribution in [3.63, 3.8) is 0 Å². The first-order valence-corrected chi connectivity index (χ1v) is 7.29. The molecule has 108 valence electrons. The predicted molar refractivity (Wildman–Crippen MR) is 78.1 cm³/mol. The molecule has 0 radical (unpaired) electrons. The van der Waals surface area contributed by atoms with Crippen molar-refractivity contribution in [2.75, 3.05) is 32.8 Å². The average molecular weight is 342 g/mol. The summed E-state index contributed by atoms with van der Waals surface area (Å²) < 4.78 is 8.39. The molecule has 0 saturated carbocycles. The molecule has 1 fully saturated rings. The van der Waals surface area contributed by atoms with E-state index in [9.17, 15) is 4.79 Å². The molecule has 1 aliphatic rings. The molecular formula is C12H16BrN5O2. The third-order valence-corrected chi connectivity index (χ3v) is 4.15. The maximum Gasteiger partial charge on any atom is 0.342 e. The zero-order chi connectivity index (χ0) is 14.1. The number of rotatable bonds is 3. The Balaban J connectivity index is 1.93. The fraction of sp³-hybridized carbons (Fsp3) is 0.583. The Kier molecular flexibility index (Phi) is 3.86. The summed E-state index contributed by atoms with van der Waals surface area (Å²) >= 11 is 3.24. The molecule has 0 aromatic carbocycles. The highest BCUT2D eigenvalue weighted by Crippen LogP contribution is 2.15. The molecule has 8 heteroatoms. The zero-order valence-electron chi connectivity index (χ0n) is 11.2. The molecule has 3 rings (SSSR count). The van der Waals surface area contributed by atoms with E-state index in [1.807, 2.05) is 6.92 Å². The Morgan fingerprint density at radius 3 is 2.65 bits per heavy atom. The van der Waals surface area contributed by atoms with Gasteiger partial charge >= 0.3 is 5.69 Å². The maximum atomic E-state index is 12.3. The number of nitrogens with zero attached hydrogens (tertiary/aromatic N) is 5. The van der Waals surface area contributed by atoms with Gasteiger partial charge in [0.2, 0.25) is 0 Å². The van der Waals surface area contributed by atoms with Crippen molar-refractivity contribution >= 4 is 27.4 Å². The van der Waals surface area contributed by atoms with Gasteiger partial charge in [-0.15, -0.1) is 0 Å². The minimum atomic E-state index is -0.146. The van der Waals surface area contributed by atoms with Crippen LogP contribution in [0.3, 0.4) is 0 Å². The fourth-order valence-corrected chi connectivity index (χ4v) is 2.96. The van der Waals surface area contributed by atoms with Gasteiger partial charge in [-0.25, -0.2) is 18.4 Å². The summed E-state index contributed by atoms with van der Waals surface area (Å²) in [5.74, 6) is 0. The summed E-state index contributed by atoms with van der Waals surface area (Å²) in [6.07, 6.45) is 3.18. The molecule has 1 aliphatic heterocycles. The van der Waals surface area contributed by atoms with Crippen LogP contribution in [0, 0.1) is 0 Å². The number of aromatic nitrogens is 4. The number of hydrogen-bond donors (Lipinski definition) is 0. The van der Waals surface area contributed by atoms with Gasteiger partial charge in [-0.2, -0.15) is 0 Å². The van der Waals surface area contributed by atoms with E-state index in [1.54, 1.807) is 17.0 Å². The highest BCUT2D eigenvalue weighted by Gasteiger charge is 2.21. The van der Waals surface area contributed by atoms with Crippen LogP contribution >= 0.6 is 16.1 Å². The standard InChI is InChI=1S/C12H16BrN5O2/c1-9(8-16-4-6-20-7-5-16)17-10-11(15-3-2-14-10)18(13)12(17)19/h2-3,9H,4-8H2,1H3. The van der Waals surface area contributed by atoms with E-state index >= 15 is 0 Å². The molecule has 0 bridgehead atoms. The third-order valence-electron chi connectivity index (χ3n) is 3.52. The number of fused-ring (bicyclic) bond motifs is 1. The van der Waals surface area contributed by atoms with Gasteiger partial charge in [-0.05, 0) is 6.92 Å². The molecule has 1 saturated heterocycles. The first-order valence-electron chi connectivity index (χ1n) is 6.58. The first-order chi connectivity index (χ1) is 9.68. The predicted octanol–water partition coefficient (Wildman–Crippen LogP) is 0.644. The van der Waals surface area contributed by atoms with E-state index in [0.29, 0.717) is 11.3 Å². The molecule has 7 nitrogen and oxygen atoms in total. The van der Waals surface area contributed by atoms with E-state index in [2.05, 4.69) is 31.0 Å². The van der Waals surface area contributed by atoms with Gasteiger partial charge in [0.25, 0.3) is 0 Å². The van der Waals surface area contributed by atoms with Crippen molar-refractivity contribution in [1.82, 2.24) is 23.0 Å². The van der Waals surface area contributed by atoms with E-state index in [-0.39, 0.29) is 11.7 Å². The lowest BCUT2D eigenvalue weighted by molar-refractivity contribution is 0.0326. The third kappa shape index (κ3) is 2.38. The summed E-state index contributed by atoms with van der Waals surface area (Å²) in [5.41, 5.74) is 1.01. The number of morpholine rings is 1. The molecule has 20 heavy (non-hydrogen) atoms. The van der Waals surface area contributed by atoms with Crippen LogP contribution in [-0.4, -0.2) is 55.9 Å². The molecule has 1 unspecified atom stereocenters. The lowest BCUT2D eigenvalue weighted by Gasteiger charge is -2.29. The van der Waals surface area contributed by atoms with Gasteiger partial charge in [0.05, 0.1) is 35.4 Å². The molecule has 0 spiro atoms. The Labute approximate surface area is 124 Å². The first kappa shape index (κ1) is 13.7. The van der Waals surface area contributed by atoms with Crippen LogP contribution in [-0.2, 0) is 4.74 Å². The van der Waals surface area contributed by atoms with E-state index in [1.165, 1.54) is 3.59 Å². The smallest absolute Gasteiger partial charge is 0.342 e. The van der Waals surface area contributed by atoms with Crippen LogP contribution in [0.15, 0.2) is 17.2 Å². The van der Waals surface area contributed by atoms with E-state index in [4.69, 9.17) is 4.74 Å². The van der Waals surface area contributed by atoms with Gasteiger partial charge in [0.1, 0.15) is 0 Å². The lowest BCUT2D eigenvalue weighted by Crippen LogP contribution is -2.40. The van der Waals surface area contributed by atoms with Crippen molar-refractivity contribution in [2.24, 2.45) is 0 Å². The number of hydrogen-bond acceptors (Lipinski definition) is 5. The lowest BCUT2D eigenvalue weighted by atomic mass is 10.3. The van der Waals surface area contributed by atoms with Crippen molar-refractivity contribution in [2.45, 2.75) is 13.0 Å². The van der Waals surface area contributed by atoms with Crippen LogP contribution in [0.1, 0.15) is 13.0 Å².